The van der Waals surface area contributed by atoms with E-state index in [1.807, 2.05) is 5.32 Å². The molecule has 126 valence electrons. The molecule has 4 nitrogen and oxygen atoms in total. The Kier molecular flexibility index (Phi) is 2.04. The molecule has 0 aromatic heterocycles. The molecule has 2 aromatic carbocycles. The summed E-state index contributed by atoms with van der Waals surface area (Å²) >= 11 is 0. The van der Waals surface area contributed by atoms with Crippen molar-refractivity contribution < 1.29 is 33.7 Å². The van der Waals surface area contributed by atoms with Crippen molar-refractivity contribution in [2.24, 2.45) is 5.92 Å². The molecule has 0 amide bonds. The Morgan fingerprint density at radius 3 is 2.96 bits per heavy atom. The van der Waals surface area contributed by atoms with E-state index in [1.165, 1.54) is 12.1 Å². The Hall–Kier alpha value is -2.27. The van der Waals surface area contributed by atoms with Gasteiger partial charge in [0.2, 0.25) is 6.75 Å². The Bertz CT molecular complexity index is 1150. The predicted molar refractivity (Wildman–Crippen MR) is 88.2 cm³/mol. The van der Waals surface area contributed by atoms with Crippen LogP contribution in [0.5, 0.6) is 17.2 Å². The van der Waals surface area contributed by atoms with Gasteiger partial charge in [-0.1, -0.05) is 12.1 Å². The van der Waals surface area contributed by atoms with Gasteiger partial charge >= 0.3 is 0 Å². The number of hydrogen-bond acceptors (Lipinski definition) is 4. The van der Waals surface area contributed by atoms with Crippen molar-refractivity contribution in [1.82, 2.24) is 5.32 Å². The largest absolute Gasteiger partial charge is 0.493 e. The van der Waals surface area contributed by atoms with Gasteiger partial charge in [-0.05, 0) is 48.6 Å². The van der Waals surface area contributed by atoms with E-state index in [-0.39, 0.29) is 22.8 Å². The lowest BCUT2D eigenvalue weighted by Crippen LogP contribution is -2.38. The number of fused-ring (bicyclic) bond motifs is 1. The highest BCUT2D eigenvalue weighted by atomic mass is 19.1. The van der Waals surface area contributed by atoms with Crippen LogP contribution in [0.4, 0.5) is 4.39 Å². The van der Waals surface area contributed by atoms with Gasteiger partial charge in [0.25, 0.3) is 0 Å². The second-order valence-electron chi connectivity index (χ2n) is 4.99. The highest BCUT2D eigenvalue weighted by molar-refractivity contribution is 5.46. The first-order valence-corrected chi connectivity index (χ1v) is 7.09. The maximum atomic E-state index is 13.6. The number of piperidine rings is 1. The maximum absolute atomic E-state index is 13.6. The van der Waals surface area contributed by atoms with E-state index >= 15 is 0 Å². The molecule has 0 aliphatic carbocycles. The van der Waals surface area contributed by atoms with E-state index in [4.69, 9.17) is 29.3 Å². The SMILES string of the molecule is [2H]C1([2H])Oc2ccc(OC([2H])([2H])[C@@H]3C([2H])([2H])NC([2H])([2H])C([2H])([2H])C3([2H])c3ccc(F)cc3)cc2O1. The van der Waals surface area contributed by atoms with Gasteiger partial charge in [0, 0.05) is 28.1 Å². The van der Waals surface area contributed by atoms with Crippen LogP contribution in [-0.2, 0) is 0 Å². The maximum Gasteiger partial charge on any atom is 0.231 e. The van der Waals surface area contributed by atoms with Gasteiger partial charge in [0.05, 0.1) is 9.30 Å². The van der Waals surface area contributed by atoms with Crippen LogP contribution in [0.25, 0.3) is 0 Å². The number of rotatable bonds is 4. The summed E-state index contributed by atoms with van der Waals surface area (Å²) in [6.07, 6.45) is -3.24. The standard InChI is InChI=1S/C19H20FNO3/c20-15-3-1-13(2-4-15)17-7-8-21-10-14(17)11-22-16-5-6-18-19(9-16)24-12-23-18/h1-6,9,14,17,21H,7-8,10-12H2/t14-,17?/m0/s1/i7D2,8D2,10D2,11D2,12D2,17D. The lowest BCUT2D eigenvalue weighted by molar-refractivity contribution is 0.173. The summed E-state index contributed by atoms with van der Waals surface area (Å²) in [6, 6.07) is 7.21. The number of hydrogen-bond donors (Lipinski definition) is 1. The van der Waals surface area contributed by atoms with Crippen molar-refractivity contribution in [1.29, 1.82) is 0 Å². The van der Waals surface area contributed by atoms with E-state index in [9.17, 15) is 4.39 Å². The van der Waals surface area contributed by atoms with Gasteiger partial charge in [-0.25, -0.2) is 4.39 Å². The Morgan fingerprint density at radius 1 is 1.25 bits per heavy atom. The smallest absolute Gasteiger partial charge is 0.231 e. The van der Waals surface area contributed by atoms with Gasteiger partial charge in [0.1, 0.15) is 14.3 Å². The third-order valence-corrected chi connectivity index (χ3v) is 3.43. The molecule has 5 heteroatoms. The fourth-order valence-electron chi connectivity index (χ4n) is 2.26. The zero-order valence-corrected chi connectivity index (χ0v) is 12.2. The van der Waals surface area contributed by atoms with Gasteiger partial charge in [-0.3, -0.25) is 0 Å². The molecule has 2 aliphatic rings. The highest BCUT2D eigenvalue weighted by Gasteiger charge is 2.27. The van der Waals surface area contributed by atoms with Crippen molar-refractivity contribution in [3.8, 4) is 17.2 Å². The molecule has 1 fully saturated rings. The predicted octanol–water partition coefficient (Wildman–Crippen LogP) is 3.33. The van der Waals surface area contributed by atoms with E-state index in [0.717, 1.165) is 30.3 Å². The van der Waals surface area contributed by atoms with Crippen LogP contribution in [-0.4, -0.2) is 26.3 Å². The van der Waals surface area contributed by atoms with Crippen LogP contribution in [0.3, 0.4) is 0 Å². The minimum absolute atomic E-state index is 0.00301. The Morgan fingerprint density at radius 2 is 2.08 bits per heavy atom. The summed E-state index contributed by atoms with van der Waals surface area (Å²) in [4.78, 5) is 0. The molecule has 0 bridgehead atoms. The van der Waals surface area contributed by atoms with Crippen LogP contribution >= 0.6 is 0 Å². The fraction of sp³-hybridized carbons (Fsp3) is 0.368. The van der Waals surface area contributed by atoms with Crippen LogP contribution in [0, 0.1) is 11.7 Å². The minimum Gasteiger partial charge on any atom is -0.493 e. The molecule has 2 aliphatic heterocycles. The first kappa shape index (κ1) is 7.31. The van der Waals surface area contributed by atoms with Gasteiger partial charge in [0.15, 0.2) is 11.5 Å². The lowest BCUT2D eigenvalue weighted by atomic mass is 9.81. The first-order chi connectivity index (χ1) is 15.8. The van der Waals surface area contributed by atoms with Crippen LogP contribution < -0.4 is 19.5 Å². The summed E-state index contributed by atoms with van der Waals surface area (Å²) in [6.45, 7) is -11.8. The van der Waals surface area contributed by atoms with Crippen LogP contribution in [0.15, 0.2) is 42.5 Å². The molecule has 0 saturated carbocycles. The molecule has 4 rings (SSSR count). The molecule has 1 N–H and O–H groups in total. The summed E-state index contributed by atoms with van der Waals surface area (Å²) < 4.78 is 120. The molecular formula is C19H20FNO3. The van der Waals surface area contributed by atoms with Gasteiger partial charge in [-0.15, -0.1) is 0 Å². The summed E-state index contributed by atoms with van der Waals surface area (Å²) in [7, 11) is 0. The average Bonchev–Trinajstić information content (AvgIpc) is 2.98. The summed E-state index contributed by atoms with van der Waals surface area (Å²) in [5.41, 5.74) is -0.366. The van der Waals surface area contributed by atoms with Crippen molar-refractivity contribution in [2.75, 3.05) is 26.3 Å². The molecule has 2 aromatic rings. The van der Waals surface area contributed by atoms with E-state index in [2.05, 4.69) is 0 Å². The molecule has 2 atom stereocenters. The normalized spacial score (nSPS) is 41.2. The summed E-state index contributed by atoms with van der Waals surface area (Å²) in [5, 5.41) is 1.84. The van der Waals surface area contributed by atoms with Crippen molar-refractivity contribution in [2.45, 2.75) is 12.3 Å². The Labute approximate surface area is 156 Å². The zero-order valence-electron chi connectivity index (χ0n) is 23.2. The Balaban J connectivity index is 1.82. The first-order valence-electron chi connectivity index (χ1n) is 12.6. The molecule has 0 spiro atoms. The quantitative estimate of drug-likeness (QED) is 0.927. The van der Waals surface area contributed by atoms with E-state index in [1.54, 1.807) is 0 Å². The van der Waals surface area contributed by atoms with Crippen molar-refractivity contribution in [3.63, 3.8) is 0 Å². The molecule has 24 heavy (non-hydrogen) atoms. The third kappa shape index (κ3) is 3.17. The minimum atomic E-state index is -3.24. The number of ether oxygens (including phenoxy) is 3. The number of halogens is 1. The molecular weight excluding hydrogens is 309 g/mol. The summed E-state index contributed by atoms with van der Waals surface area (Å²) in [5.74, 6) is -6.45. The molecule has 2 heterocycles. The topological polar surface area (TPSA) is 39.7 Å². The van der Waals surface area contributed by atoms with Crippen molar-refractivity contribution in [3.05, 3.63) is 53.8 Å². The zero-order chi connectivity index (χ0) is 26.2. The number of benzene rings is 2. The molecule has 1 saturated heterocycles. The van der Waals surface area contributed by atoms with E-state index in [0.29, 0.717) is 0 Å². The van der Waals surface area contributed by atoms with Crippen molar-refractivity contribution >= 4 is 0 Å². The van der Waals surface area contributed by atoms with Crippen LogP contribution in [0.2, 0.25) is 0 Å². The van der Waals surface area contributed by atoms with Crippen LogP contribution in [0.1, 0.15) is 32.9 Å². The third-order valence-electron chi connectivity index (χ3n) is 3.43. The van der Waals surface area contributed by atoms with E-state index < -0.39 is 50.3 Å². The second-order valence-corrected chi connectivity index (χ2v) is 4.99. The van der Waals surface area contributed by atoms with Gasteiger partial charge in [-0.2, -0.15) is 0 Å². The number of nitrogens with one attached hydrogen (secondary N) is 1. The molecule has 1 unspecified atom stereocenters. The monoisotopic (exact) mass is 340 g/mol. The molecule has 0 radical (unpaired) electrons. The fourth-order valence-corrected chi connectivity index (χ4v) is 2.26. The second kappa shape index (κ2) is 6.69. The lowest BCUT2D eigenvalue weighted by Gasteiger charge is -2.32. The van der Waals surface area contributed by atoms with Gasteiger partial charge < -0.3 is 19.5 Å². The highest BCUT2D eigenvalue weighted by Crippen LogP contribution is 2.36. The average molecular weight is 340 g/mol.